The van der Waals surface area contributed by atoms with Crippen LogP contribution in [0.3, 0.4) is 0 Å². The highest BCUT2D eigenvalue weighted by Crippen LogP contribution is 2.21. The van der Waals surface area contributed by atoms with E-state index in [1.54, 1.807) is 0 Å². The Labute approximate surface area is 125 Å². The van der Waals surface area contributed by atoms with E-state index in [2.05, 4.69) is 46.0 Å². The second-order valence-corrected chi connectivity index (χ2v) is 6.60. The van der Waals surface area contributed by atoms with E-state index < -0.39 is 0 Å². The van der Waals surface area contributed by atoms with E-state index in [1.165, 1.54) is 37.8 Å². The Hall–Kier alpha value is -0.380. The van der Waals surface area contributed by atoms with Gasteiger partial charge in [-0.15, -0.1) is 0 Å². The topological polar surface area (TPSA) is 29.3 Å². The predicted octanol–water partition coefficient (Wildman–Crippen LogP) is 4.10. The lowest BCUT2D eigenvalue weighted by Gasteiger charge is -2.28. The van der Waals surface area contributed by atoms with Crippen LogP contribution in [0.25, 0.3) is 0 Å². The number of benzene rings is 1. The van der Waals surface area contributed by atoms with Gasteiger partial charge in [-0.3, -0.25) is 0 Å². The molecule has 2 N–H and O–H groups in total. The standard InChI is InChI=1S/C16H25BrN2/c1-13-6-3-2-4-10-19(13)11-9-16(18)14-7-5-8-15(17)12-14/h5,7-8,12-13,16H,2-4,6,9-11,18H2,1H3. The first-order valence-corrected chi connectivity index (χ1v) is 8.21. The summed E-state index contributed by atoms with van der Waals surface area (Å²) in [5, 5.41) is 0. The van der Waals surface area contributed by atoms with Gasteiger partial charge < -0.3 is 10.6 Å². The maximum atomic E-state index is 6.32. The van der Waals surface area contributed by atoms with Crippen LogP contribution < -0.4 is 5.73 Å². The number of hydrogen-bond donors (Lipinski definition) is 1. The Morgan fingerprint density at radius 1 is 1.37 bits per heavy atom. The number of hydrogen-bond acceptors (Lipinski definition) is 2. The third-order valence-electron chi connectivity index (χ3n) is 4.19. The quantitative estimate of drug-likeness (QED) is 0.903. The van der Waals surface area contributed by atoms with Crippen LogP contribution in [0.2, 0.25) is 0 Å². The molecule has 1 fully saturated rings. The molecule has 1 aromatic rings. The summed E-state index contributed by atoms with van der Waals surface area (Å²) in [6, 6.07) is 9.24. The van der Waals surface area contributed by atoms with Gasteiger partial charge in [0.2, 0.25) is 0 Å². The van der Waals surface area contributed by atoms with Crippen molar-refractivity contribution in [3.63, 3.8) is 0 Å². The molecule has 2 atom stereocenters. The van der Waals surface area contributed by atoms with Crippen LogP contribution in [0.15, 0.2) is 28.7 Å². The Balaban J connectivity index is 1.87. The molecule has 106 valence electrons. The molecule has 2 nitrogen and oxygen atoms in total. The first kappa shape index (κ1) is 15.0. The molecule has 0 bridgehead atoms. The minimum Gasteiger partial charge on any atom is -0.324 e. The molecule has 3 heteroatoms. The smallest absolute Gasteiger partial charge is 0.0307 e. The predicted molar refractivity (Wildman–Crippen MR) is 85.2 cm³/mol. The Morgan fingerprint density at radius 2 is 2.21 bits per heavy atom. The molecule has 0 amide bonds. The monoisotopic (exact) mass is 324 g/mol. The minimum absolute atomic E-state index is 0.146. The van der Waals surface area contributed by atoms with Crippen molar-refractivity contribution in [2.75, 3.05) is 13.1 Å². The Morgan fingerprint density at radius 3 is 3.00 bits per heavy atom. The molecule has 0 aromatic heterocycles. The van der Waals surface area contributed by atoms with Crippen LogP contribution in [-0.2, 0) is 0 Å². The van der Waals surface area contributed by atoms with Crippen molar-refractivity contribution in [2.24, 2.45) is 5.73 Å². The average molecular weight is 325 g/mol. The molecular formula is C16H25BrN2. The summed E-state index contributed by atoms with van der Waals surface area (Å²) >= 11 is 3.51. The molecule has 0 spiro atoms. The van der Waals surface area contributed by atoms with Crippen LogP contribution in [0.4, 0.5) is 0 Å². The fraction of sp³-hybridized carbons (Fsp3) is 0.625. The Bertz CT molecular complexity index is 394. The van der Waals surface area contributed by atoms with Gasteiger partial charge in [0.15, 0.2) is 0 Å². The number of likely N-dealkylation sites (tertiary alicyclic amines) is 1. The van der Waals surface area contributed by atoms with Gasteiger partial charge in [0.25, 0.3) is 0 Å². The summed E-state index contributed by atoms with van der Waals surface area (Å²) < 4.78 is 1.11. The van der Waals surface area contributed by atoms with Crippen LogP contribution >= 0.6 is 15.9 Å². The molecule has 1 aliphatic rings. The van der Waals surface area contributed by atoms with Crippen LogP contribution in [0.1, 0.15) is 50.6 Å². The van der Waals surface area contributed by atoms with Gasteiger partial charge in [-0.2, -0.15) is 0 Å². The van der Waals surface area contributed by atoms with Crippen LogP contribution in [-0.4, -0.2) is 24.0 Å². The first-order chi connectivity index (χ1) is 9.16. The fourth-order valence-electron chi connectivity index (χ4n) is 2.88. The average Bonchev–Trinajstić information content (AvgIpc) is 2.61. The molecule has 0 radical (unpaired) electrons. The third kappa shape index (κ3) is 4.59. The van der Waals surface area contributed by atoms with Gasteiger partial charge in [-0.25, -0.2) is 0 Å². The van der Waals surface area contributed by atoms with Gasteiger partial charge in [0, 0.05) is 23.1 Å². The normalized spacial score (nSPS) is 23.0. The molecule has 2 unspecified atom stereocenters. The molecule has 1 heterocycles. The van der Waals surface area contributed by atoms with Gasteiger partial charge in [-0.1, -0.05) is 40.9 Å². The van der Waals surface area contributed by atoms with E-state index >= 15 is 0 Å². The lowest BCUT2D eigenvalue weighted by Crippen LogP contribution is -2.34. The molecular weight excluding hydrogens is 300 g/mol. The van der Waals surface area contributed by atoms with Crippen molar-refractivity contribution in [3.8, 4) is 0 Å². The van der Waals surface area contributed by atoms with E-state index in [-0.39, 0.29) is 6.04 Å². The zero-order valence-corrected chi connectivity index (χ0v) is 13.4. The molecule has 0 aliphatic carbocycles. The lowest BCUT2D eigenvalue weighted by atomic mass is 10.0. The minimum atomic E-state index is 0.146. The summed E-state index contributed by atoms with van der Waals surface area (Å²) in [6.07, 6.45) is 6.50. The molecule has 2 rings (SSSR count). The highest BCUT2D eigenvalue weighted by Gasteiger charge is 2.17. The van der Waals surface area contributed by atoms with Crippen LogP contribution in [0.5, 0.6) is 0 Å². The maximum Gasteiger partial charge on any atom is 0.0307 e. The lowest BCUT2D eigenvalue weighted by molar-refractivity contribution is 0.206. The SMILES string of the molecule is CC1CCCCCN1CCC(N)c1cccc(Br)c1. The number of rotatable bonds is 4. The Kier molecular flexibility index (Phi) is 5.86. The molecule has 1 saturated heterocycles. The summed E-state index contributed by atoms with van der Waals surface area (Å²) in [7, 11) is 0. The van der Waals surface area contributed by atoms with Gasteiger partial charge >= 0.3 is 0 Å². The van der Waals surface area contributed by atoms with Crippen molar-refractivity contribution < 1.29 is 0 Å². The van der Waals surface area contributed by atoms with E-state index in [1.807, 2.05) is 6.07 Å². The first-order valence-electron chi connectivity index (χ1n) is 7.42. The third-order valence-corrected chi connectivity index (χ3v) is 4.69. The van der Waals surface area contributed by atoms with Crippen molar-refractivity contribution in [1.82, 2.24) is 4.90 Å². The zero-order chi connectivity index (χ0) is 13.7. The van der Waals surface area contributed by atoms with E-state index in [9.17, 15) is 0 Å². The summed E-state index contributed by atoms with van der Waals surface area (Å²) in [5.41, 5.74) is 7.55. The van der Waals surface area contributed by atoms with Crippen molar-refractivity contribution in [1.29, 1.82) is 0 Å². The second kappa shape index (κ2) is 7.41. The molecule has 0 saturated carbocycles. The number of nitrogens with zero attached hydrogens (tertiary/aromatic N) is 1. The number of nitrogens with two attached hydrogens (primary N) is 1. The summed E-state index contributed by atoms with van der Waals surface area (Å²) in [6.45, 7) is 4.72. The molecule has 1 aromatic carbocycles. The van der Waals surface area contributed by atoms with E-state index in [0.29, 0.717) is 0 Å². The van der Waals surface area contributed by atoms with Crippen molar-refractivity contribution in [3.05, 3.63) is 34.3 Å². The molecule has 1 aliphatic heterocycles. The maximum absolute atomic E-state index is 6.32. The summed E-state index contributed by atoms with van der Waals surface area (Å²) in [4.78, 5) is 2.62. The largest absolute Gasteiger partial charge is 0.324 e. The zero-order valence-electron chi connectivity index (χ0n) is 11.8. The van der Waals surface area contributed by atoms with E-state index in [0.717, 1.165) is 23.5 Å². The van der Waals surface area contributed by atoms with Crippen molar-refractivity contribution >= 4 is 15.9 Å². The summed E-state index contributed by atoms with van der Waals surface area (Å²) in [5.74, 6) is 0. The van der Waals surface area contributed by atoms with Gasteiger partial charge in [0.05, 0.1) is 0 Å². The second-order valence-electron chi connectivity index (χ2n) is 5.68. The van der Waals surface area contributed by atoms with E-state index in [4.69, 9.17) is 5.73 Å². The number of halogens is 1. The fourth-order valence-corrected chi connectivity index (χ4v) is 3.29. The van der Waals surface area contributed by atoms with Crippen molar-refractivity contribution in [2.45, 2.75) is 51.1 Å². The highest BCUT2D eigenvalue weighted by molar-refractivity contribution is 9.10. The van der Waals surface area contributed by atoms with Gasteiger partial charge in [-0.05, 0) is 50.4 Å². The van der Waals surface area contributed by atoms with Gasteiger partial charge in [0.1, 0.15) is 0 Å². The molecule has 19 heavy (non-hydrogen) atoms. The van der Waals surface area contributed by atoms with Crippen LogP contribution in [0, 0.1) is 0 Å². The highest BCUT2D eigenvalue weighted by atomic mass is 79.9.